The molecule has 3 N–H and O–H groups in total. The van der Waals surface area contributed by atoms with Gasteiger partial charge in [-0.25, -0.2) is 0 Å². The Hall–Kier alpha value is -1.43. The molecule has 1 atom stereocenters. The van der Waals surface area contributed by atoms with Crippen LogP contribution in [0.1, 0.15) is 18.2 Å². The molecule has 0 radical (unpaired) electrons. The molecule has 0 spiro atoms. The van der Waals surface area contributed by atoms with Crippen LogP contribution >= 0.6 is 23.2 Å². The lowest BCUT2D eigenvalue weighted by molar-refractivity contribution is -0.120. The van der Waals surface area contributed by atoms with Gasteiger partial charge in [0.15, 0.2) is 0 Å². The summed E-state index contributed by atoms with van der Waals surface area (Å²) < 4.78 is 5.67. The van der Waals surface area contributed by atoms with Gasteiger partial charge in [-0.1, -0.05) is 23.2 Å². The van der Waals surface area contributed by atoms with Gasteiger partial charge in [-0.05, 0) is 12.5 Å². The number of aromatic nitrogens is 1. The second-order valence-electron chi connectivity index (χ2n) is 5.44. The number of benzene rings is 1. The number of aliphatic hydroxyl groups is 1. The lowest BCUT2D eigenvalue weighted by atomic mass is 10.1. The van der Waals surface area contributed by atoms with E-state index in [4.69, 9.17) is 27.9 Å². The Morgan fingerprint density at radius 2 is 2.23 bits per heavy atom. The Labute approximate surface area is 137 Å². The van der Waals surface area contributed by atoms with Crippen molar-refractivity contribution in [3.63, 3.8) is 0 Å². The first-order chi connectivity index (χ1) is 10.5. The molecule has 118 valence electrons. The van der Waals surface area contributed by atoms with Crippen LogP contribution in [0.15, 0.2) is 6.07 Å². The highest BCUT2D eigenvalue weighted by atomic mass is 35.5. The van der Waals surface area contributed by atoms with Crippen molar-refractivity contribution in [2.24, 2.45) is 0 Å². The van der Waals surface area contributed by atoms with Crippen molar-refractivity contribution in [2.75, 3.05) is 13.2 Å². The van der Waals surface area contributed by atoms with E-state index < -0.39 is 6.10 Å². The van der Waals surface area contributed by atoms with Crippen molar-refractivity contribution in [1.29, 1.82) is 0 Å². The predicted octanol–water partition coefficient (Wildman–Crippen LogP) is 2.45. The van der Waals surface area contributed by atoms with Gasteiger partial charge in [-0.3, -0.25) is 4.79 Å². The highest BCUT2D eigenvalue weighted by molar-refractivity contribution is 6.45. The molecular weight excluding hydrogens is 327 g/mol. The van der Waals surface area contributed by atoms with Crippen LogP contribution in [0.25, 0.3) is 10.9 Å². The van der Waals surface area contributed by atoms with Gasteiger partial charge in [-0.15, -0.1) is 0 Å². The average molecular weight is 343 g/mol. The average Bonchev–Trinajstić information content (AvgIpc) is 2.70. The molecule has 0 fully saturated rings. The van der Waals surface area contributed by atoms with Crippen molar-refractivity contribution in [3.05, 3.63) is 27.4 Å². The van der Waals surface area contributed by atoms with Gasteiger partial charge in [0.2, 0.25) is 5.91 Å². The first-order valence-electron chi connectivity index (χ1n) is 7.06. The Balaban J connectivity index is 2.19. The van der Waals surface area contributed by atoms with E-state index in [1.165, 1.54) is 0 Å². The fraction of sp³-hybridized carbons (Fsp3) is 0.400. The Morgan fingerprint density at radius 1 is 1.45 bits per heavy atom. The highest BCUT2D eigenvalue weighted by Gasteiger charge is 2.23. The summed E-state index contributed by atoms with van der Waals surface area (Å²) in [6.07, 6.45) is 0.350. The highest BCUT2D eigenvalue weighted by Crippen LogP contribution is 2.41. The number of carbonyl (C=O) groups is 1. The van der Waals surface area contributed by atoms with Crippen LogP contribution in [-0.4, -0.2) is 35.3 Å². The van der Waals surface area contributed by atoms with Crippen LogP contribution in [0.2, 0.25) is 10.0 Å². The molecule has 0 saturated heterocycles. The third kappa shape index (κ3) is 2.76. The number of amides is 1. The number of halogens is 2. The standard InChI is InChI=1S/C15H16Cl2N2O3/c1-7(20)6-22-11-5-9(16)14(17)15-13(11)8-4-12(21)18-3-2-10(8)19-15/h5,7,19-20H,2-4,6H2,1H3,(H,18,21)/t7-/m1/s1. The number of H-pyrrole nitrogens is 1. The first kappa shape index (κ1) is 15.5. The zero-order chi connectivity index (χ0) is 15.9. The van der Waals surface area contributed by atoms with E-state index in [1.54, 1.807) is 13.0 Å². The largest absolute Gasteiger partial charge is 0.490 e. The Morgan fingerprint density at radius 3 is 2.95 bits per heavy atom. The van der Waals surface area contributed by atoms with E-state index in [2.05, 4.69) is 10.3 Å². The van der Waals surface area contributed by atoms with Gasteiger partial charge in [0.1, 0.15) is 12.4 Å². The molecular formula is C15H16Cl2N2O3. The molecule has 1 amide bonds. The van der Waals surface area contributed by atoms with Crippen LogP contribution in [0.3, 0.4) is 0 Å². The number of nitrogens with one attached hydrogen (secondary N) is 2. The minimum atomic E-state index is -0.606. The number of aromatic amines is 1. The summed E-state index contributed by atoms with van der Waals surface area (Å²) in [4.78, 5) is 15.1. The number of hydrogen-bond donors (Lipinski definition) is 3. The summed E-state index contributed by atoms with van der Waals surface area (Å²) in [5.41, 5.74) is 2.51. The molecule has 0 bridgehead atoms. The summed E-state index contributed by atoms with van der Waals surface area (Å²) in [5, 5.41) is 13.8. The fourth-order valence-electron chi connectivity index (χ4n) is 2.68. The van der Waals surface area contributed by atoms with Crippen molar-refractivity contribution in [3.8, 4) is 5.75 Å². The van der Waals surface area contributed by atoms with Gasteiger partial charge >= 0.3 is 0 Å². The number of rotatable bonds is 3. The SMILES string of the molecule is C[C@@H](O)COc1cc(Cl)c(Cl)c2[nH]c3c(c12)CC(=O)NCC3. The number of carbonyl (C=O) groups excluding carboxylic acids is 1. The van der Waals surface area contributed by atoms with Crippen molar-refractivity contribution in [1.82, 2.24) is 10.3 Å². The predicted molar refractivity (Wildman–Crippen MR) is 85.9 cm³/mol. The molecule has 7 heteroatoms. The van der Waals surface area contributed by atoms with E-state index in [0.29, 0.717) is 34.3 Å². The maximum atomic E-state index is 11.9. The molecule has 1 aliphatic rings. The third-order valence-electron chi connectivity index (χ3n) is 3.64. The van der Waals surface area contributed by atoms with Gasteiger partial charge in [0.25, 0.3) is 0 Å². The van der Waals surface area contributed by atoms with Crippen LogP contribution in [0.5, 0.6) is 5.75 Å². The van der Waals surface area contributed by atoms with Crippen LogP contribution < -0.4 is 10.1 Å². The molecule has 0 unspecified atom stereocenters. The maximum Gasteiger partial charge on any atom is 0.224 e. The first-order valence-corrected chi connectivity index (χ1v) is 7.82. The summed E-state index contributed by atoms with van der Waals surface area (Å²) in [6, 6.07) is 1.63. The van der Waals surface area contributed by atoms with E-state index >= 15 is 0 Å². The normalized spacial score (nSPS) is 16.1. The number of fused-ring (bicyclic) bond motifs is 3. The Bertz CT molecular complexity index is 740. The zero-order valence-corrected chi connectivity index (χ0v) is 13.5. The van der Waals surface area contributed by atoms with E-state index in [9.17, 15) is 9.90 Å². The number of aliphatic hydroxyl groups excluding tert-OH is 1. The van der Waals surface area contributed by atoms with Crippen LogP contribution in [0.4, 0.5) is 0 Å². The van der Waals surface area contributed by atoms with Crippen LogP contribution in [-0.2, 0) is 17.6 Å². The lowest BCUT2D eigenvalue weighted by Gasteiger charge is -2.12. The van der Waals surface area contributed by atoms with Gasteiger partial charge in [0, 0.05) is 30.1 Å². The summed E-state index contributed by atoms with van der Waals surface area (Å²) in [7, 11) is 0. The molecule has 2 heterocycles. The van der Waals surface area contributed by atoms with Gasteiger partial charge in [-0.2, -0.15) is 0 Å². The van der Waals surface area contributed by atoms with E-state index in [-0.39, 0.29) is 18.9 Å². The van der Waals surface area contributed by atoms with Crippen molar-refractivity contribution < 1.29 is 14.6 Å². The summed E-state index contributed by atoms with van der Waals surface area (Å²) in [5.74, 6) is 0.490. The molecule has 2 aromatic rings. The smallest absolute Gasteiger partial charge is 0.224 e. The molecule has 0 aliphatic carbocycles. The van der Waals surface area contributed by atoms with E-state index in [0.717, 1.165) is 16.6 Å². The lowest BCUT2D eigenvalue weighted by Crippen LogP contribution is -2.24. The monoisotopic (exact) mass is 342 g/mol. The summed E-state index contributed by atoms with van der Waals surface area (Å²) >= 11 is 12.4. The van der Waals surface area contributed by atoms with E-state index in [1.807, 2.05) is 0 Å². The fourth-order valence-corrected chi connectivity index (χ4v) is 3.07. The number of ether oxygens (including phenoxy) is 1. The van der Waals surface area contributed by atoms with Crippen molar-refractivity contribution >= 4 is 40.0 Å². The molecule has 1 aromatic heterocycles. The van der Waals surface area contributed by atoms with Gasteiger partial charge in [0.05, 0.1) is 28.1 Å². The topological polar surface area (TPSA) is 74.3 Å². The summed E-state index contributed by atoms with van der Waals surface area (Å²) in [6.45, 7) is 2.35. The molecule has 0 saturated carbocycles. The second kappa shape index (κ2) is 5.99. The molecule has 22 heavy (non-hydrogen) atoms. The zero-order valence-electron chi connectivity index (χ0n) is 12.0. The molecule has 1 aromatic carbocycles. The second-order valence-corrected chi connectivity index (χ2v) is 6.22. The minimum absolute atomic E-state index is 0.0350. The molecule has 1 aliphatic heterocycles. The Kier molecular flexibility index (Phi) is 4.21. The maximum absolute atomic E-state index is 11.9. The minimum Gasteiger partial charge on any atom is -0.490 e. The van der Waals surface area contributed by atoms with Crippen LogP contribution in [0, 0.1) is 0 Å². The number of hydrogen-bond acceptors (Lipinski definition) is 3. The quantitative estimate of drug-likeness (QED) is 0.801. The molecule has 5 nitrogen and oxygen atoms in total. The van der Waals surface area contributed by atoms with Gasteiger partial charge < -0.3 is 20.1 Å². The molecule has 3 rings (SSSR count). The van der Waals surface area contributed by atoms with Crippen molar-refractivity contribution in [2.45, 2.75) is 25.9 Å². The third-order valence-corrected chi connectivity index (χ3v) is 4.43.